The minimum atomic E-state index is 0.571. The van der Waals surface area contributed by atoms with Crippen molar-refractivity contribution in [3.05, 3.63) is 59.4 Å². The maximum atomic E-state index is 4.80. The molecule has 2 aliphatic rings. The molecule has 1 N–H and O–H groups in total. The van der Waals surface area contributed by atoms with Crippen LogP contribution in [0.1, 0.15) is 61.9 Å². The predicted octanol–water partition coefficient (Wildman–Crippen LogP) is 4.70. The second-order valence-electron chi connectivity index (χ2n) is 8.98. The first-order chi connectivity index (χ1) is 14.8. The van der Waals surface area contributed by atoms with E-state index in [-0.39, 0.29) is 0 Å². The second-order valence-corrected chi connectivity index (χ2v) is 8.98. The first-order valence-corrected chi connectivity index (χ1v) is 11.7. The van der Waals surface area contributed by atoms with Gasteiger partial charge in [-0.05, 0) is 81.4 Å². The van der Waals surface area contributed by atoms with E-state index in [9.17, 15) is 0 Å². The molecule has 1 saturated carbocycles. The number of rotatable bonds is 8. The summed E-state index contributed by atoms with van der Waals surface area (Å²) in [4.78, 5) is 7.36. The van der Waals surface area contributed by atoms with Crippen LogP contribution < -0.4 is 5.32 Å². The molecule has 1 aromatic carbocycles. The molecule has 0 amide bonds. The predicted molar refractivity (Wildman–Crippen MR) is 122 cm³/mol. The molecule has 0 atom stereocenters. The lowest BCUT2D eigenvalue weighted by Crippen LogP contribution is -2.20. The van der Waals surface area contributed by atoms with Gasteiger partial charge in [-0.15, -0.1) is 5.10 Å². The number of nitrogens with zero attached hydrogens (tertiary/aromatic N) is 4. The van der Waals surface area contributed by atoms with Crippen molar-refractivity contribution < 1.29 is 0 Å². The fourth-order valence-corrected chi connectivity index (χ4v) is 4.93. The van der Waals surface area contributed by atoms with Crippen LogP contribution in [0.3, 0.4) is 0 Å². The van der Waals surface area contributed by atoms with Gasteiger partial charge < -0.3 is 10.2 Å². The van der Waals surface area contributed by atoms with Crippen LogP contribution in [-0.2, 0) is 12.8 Å². The molecule has 30 heavy (non-hydrogen) atoms. The van der Waals surface area contributed by atoms with E-state index in [2.05, 4.69) is 46.6 Å². The molecule has 3 heterocycles. The average molecular weight is 404 g/mol. The van der Waals surface area contributed by atoms with Gasteiger partial charge in [0.25, 0.3) is 0 Å². The molecular formula is C25H33N5. The largest absolute Gasteiger partial charge is 0.367 e. The van der Waals surface area contributed by atoms with Crippen LogP contribution in [0.2, 0.25) is 0 Å². The maximum absolute atomic E-state index is 4.80. The average Bonchev–Trinajstić information content (AvgIpc) is 3.51. The Kier molecular flexibility index (Phi) is 5.98. The Morgan fingerprint density at radius 1 is 0.900 bits per heavy atom. The summed E-state index contributed by atoms with van der Waals surface area (Å²) in [6, 6.07) is 15.8. The van der Waals surface area contributed by atoms with Gasteiger partial charge in [0.15, 0.2) is 11.5 Å². The Hall–Kier alpha value is -2.40. The number of nitrogens with one attached hydrogen (secondary N) is 1. The SMILES string of the molecule is c1cc(NC2CCCC2)n2nc(Cc3ccc(CCCN4CCCC4)cc3)nc2c1. The van der Waals surface area contributed by atoms with Gasteiger partial charge >= 0.3 is 0 Å². The molecule has 158 valence electrons. The molecule has 5 heteroatoms. The summed E-state index contributed by atoms with van der Waals surface area (Å²) in [6.45, 7) is 3.83. The summed E-state index contributed by atoms with van der Waals surface area (Å²) in [5.74, 6) is 1.95. The lowest BCUT2D eigenvalue weighted by molar-refractivity contribution is 0.334. The fourth-order valence-electron chi connectivity index (χ4n) is 4.93. The molecule has 1 saturated heterocycles. The van der Waals surface area contributed by atoms with E-state index in [4.69, 9.17) is 10.1 Å². The molecule has 2 fully saturated rings. The quantitative estimate of drug-likeness (QED) is 0.592. The molecule has 3 aromatic rings. The normalized spacial score (nSPS) is 17.9. The first-order valence-electron chi connectivity index (χ1n) is 11.7. The van der Waals surface area contributed by atoms with Crippen LogP contribution >= 0.6 is 0 Å². The zero-order chi connectivity index (χ0) is 20.2. The summed E-state index contributed by atoms with van der Waals surface area (Å²) < 4.78 is 1.97. The number of fused-ring (bicyclic) bond motifs is 1. The Morgan fingerprint density at radius 3 is 2.47 bits per heavy atom. The molecule has 0 unspecified atom stereocenters. The molecular weight excluding hydrogens is 370 g/mol. The van der Waals surface area contributed by atoms with Crippen molar-refractivity contribution in [2.45, 2.75) is 63.8 Å². The van der Waals surface area contributed by atoms with Crippen molar-refractivity contribution in [3.63, 3.8) is 0 Å². The number of aryl methyl sites for hydroxylation is 1. The standard InChI is InChI=1S/C25H33N5/c1-2-9-22(8-1)26-24-10-5-11-25-27-23(28-30(24)25)19-21-14-12-20(13-15-21)7-6-18-29-16-3-4-17-29/h5,10-15,22,26H,1-4,6-9,16-19H2. The van der Waals surface area contributed by atoms with E-state index in [1.807, 2.05) is 10.6 Å². The Balaban J connectivity index is 1.20. The minimum absolute atomic E-state index is 0.571. The van der Waals surface area contributed by atoms with Crippen molar-refractivity contribution in [1.82, 2.24) is 19.5 Å². The smallest absolute Gasteiger partial charge is 0.158 e. The van der Waals surface area contributed by atoms with E-state index in [0.29, 0.717) is 6.04 Å². The minimum Gasteiger partial charge on any atom is -0.367 e. The number of benzene rings is 1. The first kappa shape index (κ1) is 19.6. The van der Waals surface area contributed by atoms with E-state index in [1.165, 1.54) is 82.1 Å². The molecule has 5 nitrogen and oxygen atoms in total. The van der Waals surface area contributed by atoms with Crippen LogP contribution in [0.25, 0.3) is 5.65 Å². The van der Waals surface area contributed by atoms with Gasteiger partial charge in [-0.1, -0.05) is 43.2 Å². The van der Waals surface area contributed by atoms with Gasteiger partial charge in [0, 0.05) is 12.5 Å². The number of anilines is 1. The summed E-state index contributed by atoms with van der Waals surface area (Å²) >= 11 is 0. The summed E-state index contributed by atoms with van der Waals surface area (Å²) in [7, 11) is 0. The van der Waals surface area contributed by atoms with Gasteiger partial charge in [-0.25, -0.2) is 4.98 Å². The number of likely N-dealkylation sites (tertiary alicyclic amines) is 1. The van der Waals surface area contributed by atoms with Crippen molar-refractivity contribution >= 4 is 11.5 Å². The van der Waals surface area contributed by atoms with Crippen LogP contribution in [0.5, 0.6) is 0 Å². The van der Waals surface area contributed by atoms with E-state index in [1.54, 1.807) is 0 Å². The summed E-state index contributed by atoms with van der Waals surface area (Å²) in [6.07, 6.45) is 11.1. The third-order valence-electron chi connectivity index (χ3n) is 6.63. The number of hydrogen-bond donors (Lipinski definition) is 1. The lowest BCUT2D eigenvalue weighted by atomic mass is 10.1. The monoisotopic (exact) mass is 403 g/mol. The van der Waals surface area contributed by atoms with Crippen molar-refractivity contribution in [1.29, 1.82) is 0 Å². The third kappa shape index (κ3) is 4.67. The molecule has 2 aromatic heterocycles. The Morgan fingerprint density at radius 2 is 1.67 bits per heavy atom. The maximum Gasteiger partial charge on any atom is 0.158 e. The molecule has 0 radical (unpaired) electrons. The highest BCUT2D eigenvalue weighted by Gasteiger charge is 2.16. The zero-order valence-electron chi connectivity index (χ0n) is 17.9. The van der Waals surface area contributed by atoms with E-state index >= 15 is 0 Å². The Bertz CT molecular complexity index is 949. The van der Waals surface area contributed by atoms with Crippen LogP contribution in [-0.4, -0.2) is 45.2 Å². The highest BCUT2D eigenvalue weighted by atomic mass is 15.3. The molecule has 0 spiro atoms. The van der Waals surface area contributed by atoms with E-state index < -0.39 is 0 Å². The van der Waals surface area contributed by atoms with Crippen molar-refractivity contribution in [3.8, 4) is 0 Å². The molecule has 5 rings (SSSR count). The van der Waals surface area contributed by atoms with Crippen LogP contribution in [0, 0.1) is 0 Å². The van der Waals surface area contributed by atoms with E-state index in [0.717, 1.165) is 23.7 Å². The summed E-state index contributed by atoms with van der Waals surface area (Å²) in [5, 5.41) is 8.47. The number of hydrogen-bond acceptors (Lipinski definition) is 4. The third-order valence-corrected chi connectivity index (χ3v) is 6.63. The molecule has 1 aliphatic carbocycles. The number of aromatic nitrogens is 3. The Labute approximate surface area is 179 Å². The van der Waals surface area contributed by atoms with Gasteiger partial charge in [-0.3, -0.25) is 0 Å². The van der Waals surface area contributed by atoms with Crippen molar-refractivity contribution in [2.24, 2.45) is 0 Å². The highest BCUT2D eigenvalue weighted by molar-refractivity contribution is 5.49. The molecule has 0 bridgehead atoms. The zero-order valence-corrected chi connectivity index (χ0v) is 17.9. The van der Waals surface area contributed by atoms with Gasteiger partial charge in [0.05, 0.1) is 0 Å². The fraction of sp³-hybridized carbons (Fsp3) is 0.520. The highest BCUT2D eigenvalue weighted by Crippen LogP contribution is 2.23. The molecule has 1 aliphatic heterocycles. The number of pyridine rings is 1. The van der Waals surface area contributed by atoms with Gasteiger partial charge in [0.2, 0.25) is 0 Å². The van der Waals surface area contributed by atoms with Gasteiger partial charge in [-0.2, -0.15) is 4.52 Å². The van der Waals surface area contributed by atoms with Crippen LogP contribution in [0.4, 0.5) is 5.82 Å². The second kappa shape index (κ2) is 9.17. The summed E-state index contributed by atoms with van der Waals surface area (Å²) in [5.41, 5.74) is 3.63. The van der Waals surface area contributed by atoms with Crippen LogP contribution in [0.15, 0.2) is 42.5 Å². The van der Waals surface area contributed by atoms with Gasteiger partial charge in [0.1, 0.15) is 5.82 Å². The lowest BCUT2D eigenvalue weighted by Gasteiger charge is -2.14. The topological polar surface area (TPSA) is 45.5 Å². The van der Waals surface area contributed by atoms with Crippen molar-refractivity contribution in [2.75, 3.05) is 25.0 Å².